The van der Waals surface area contributed by atoms with Crippen LogP contribution >= 0.6 is 0 Å². The van der Waals surface area contributed by atoms with E-state index in [0.717, 1.165) is 18.4 Å². The molecule has 3 rings (SSSR count). The summed E-state index contributed by atoms with van der Waals surface area (Å²) in [5.74, 6) is -0.0458. The molecule has 1 saturated carbocycles. The van der Waals surface area contributed by atoms with Crippen LogP contribution in [0, 0.1) is 5.82 Å². The van der Waals surface area contributed by atoms with Gasteiger partial charge in [0.1, 0.15) is 11.7 Å². The molecule has 19 heavy (non-hydrogen) atoms. The highest BCUT2D eigenvalue weighted by atomic mass is 19.1. The lowest BCUT2D eigenvalue weighted by Gasteiger charge is -2.23. The number of rotatable bonds is 3. The number of nitrogens with zero attached hydrogens (tertiary/aromatic N) is 1. The summed E-state index contributed by atoms with van der Waals surface area (Å²) >= 11 is 0. The average molecular weight is 264 g/mol. The third-order valence-electron chi connectivity index (χ3n) is 3.98. The van der Waals surface area contributed by atoms with Gasteiger partial charge in [-0.05, 0) is 37.5 Å². The number of amides is 1. The number of halogens is 1. The highest BCUT2D eigenvalue weighted by Crippen LogP contribution is 2.45. The fourth-order valence-corrected chi connectivity index (χ4v) is 2.72. The van der Waals surface area contributed by atoms with E-state index >= 15 is 0 Å². The van der Waals surface area contributed by atoms with Crippen molar-refractivity contribution in [3.05, 3.63) is 29.6 Å². The van der Waals surface area contributed by atoms with Crippen LogP contribution in [0.4, 0.5) is 4.39 Å². The van der Waals surface area contributed by atoms with Crippen LogP contribution in [-0.2, 0) is 4.79 Å². The van der Waals surface area contributed by atoms with Crippen LogP contribution in [-0.4, -0.2) is 30.0 Å². The molecule has 1 unspecified atom stereocenters. The number of carbonyl (C=O) groups is 1. The highest BCUT2D eigenvalue weighted by Gasteiger charge is 2.58. The molecule has 0 bridgehead atoms. The van der Waals surface area contributed by atoms with Crippen LogP contribution in [0.15, 0.2) is 18.2 Å². The Labute approximate surface area is 111 Å². The van der Waals surface area contributed by atoms with E-state index in [1.54, 1.807) is 17.0 Å². The number of benzene rings is 1. The average Bonchev–Trinajstić information content (AvgIpc) is 3.13. The fourth-order valence-electron chi connectivity index (χ4n) is 2.72. The topological polar surface area (TPSA) is 41.6 Å². The zero-order valence-corrected chi connectivity index (χ0v) is 11.1. The van der Waals surface area contributed by atoms with Crippen molar-refractivity contribution in [2.75, 3.05) is 13.7 Å². The van der Waals surface area contributed by atoms with Crippen molar-refractivity contribution < 1.29 is 13.9 Å². The lowest BCUT2D eigenvalue weighted by molar-refractivity contribution is -0.130. The van der Waals surface area contributed by atoms with Gasteiger partial charge < -0.3 is 9.64 Å². The van der Waals surface area contributed by atoms with Crippen molar-refractivity contribution in [1.29, 1.82) is 0 Å². The van der Waals surface area contributed by atoms with Crippen LogP contribution in [0.5, 0.6) is 5.75 Å². The summed E-state index contributed by atoms with van der Waals surface area (Å²) in [5, 5.41) is 3.34. The molecule has 102 valence electrons. The van der Waals surface area contributed by atoms with E-state index in [1.165, 1.54) is 13.2 Å². The minimum Gasteiger partial charge on any atom is -0.494 e. The summed E-state index contributed by atoms with van der Waals surface area (Å²) < 4.78 is 18.7. The fraction of sp³-hybridized carbons (Fsp3) is 0.500. The van der Waals surface area contributed by atoms with Crippen LogP contribution in [0.25, 0.3) is 0 Å². The van der Waals surface area contributed by atoms with Gasteiger partial charge in [-0.1, -0.05) is 6.07 Å². The Hall–Kier alpha value is -1.62. The predicted octanol–water partition coefficient (Wildman–Crippen LogP) is 1.82. The van der Waals surface area contributed by atoms with Gasteiger partial charge in [0.2, 0.25) is 5.91 Å². The highest BCUT2D eigenvalue weighted by molar-refractivity contribution is 5.92. The van der Waals surface area contributed by atoms with Gasteiger partial charge in [-0.15, -0.1) is 0 Å². The Morgan fingerprint density at radius 3 is 2.79 bits per heavy atom. The third kappa shape index (κ3) is 1.80. The van der Waals surface area contributed by atoms with Gasteiger partial charge in [-0.3, -0.25) is 10.1 Å². The molecule has 1 aromatic carbocycles. The molecule has 5 heteroatoms. The van der Waals surface area contributed by atoms with Gasteiger partial charge in [-0.25, -0.2) is 4.39 Å². The molecule has 1 saturated heterocycles. The van der Waals surface area contributed by atoms with Crippen molar-refractivity contribution in [1.82, 2.24) is 10.2 Å². The first-order valence-corrected chi connectivity index (χ1v) is 6.53. The zero-order valence-electron chi connectivity index (χ0n) is 11.1. The van der Waals surface area contributed by atoms with Crippen molar-refractivity contribution in [3.8, 4) is 5.75 Å². The van der Waals surface area contributed by atoms with Gasteiger partial charge in [0, 0.05) is 6.54 Å². The second kappa shape index (κ2) is 4.20. The van der Waals surface area contributed by atoms with E-state index in [-0.39, 0.29) is 23.4 Å². The van der Waals surface area contributed by atoms with Crippen LogP contribution in [0.3, 0.4) is 0 Å². The Kier molecular flexibility index (Phi) is 2.74. The van der Waals surface area contributed by atoms with E-state index in [9.17, 15) is 9.18 Å². The molecule has 1 N–H and O–H groups in total. The number of likely N-dealkylation sites (N-methyl/N-ethyl adjacent to an activating group) is 1. The first kappa shape index (κ1) is 12.4. The molecular weight excluding hydrogens is 247 g/mol. The van der Waals surface area contributed by atoms with E-state index < -0.39 is 5.82 Å². The van der Waals surface area contributed by atoms with E-state index in [1.807, 2.05) is 6.92 Å². The molecule has 1 aliphatic heterocycles. The van der Waals surface area contributed by atoms with E-state index in [4.69, 9.17) is 4.74 Å². The third-order valence-corrected chi connectivity index (χ3v) is 3.98. The molecule has 1 heterocycles. The second-order valence-electron chi connectivity index (χ2n) is 5.11. The van der Waals surface area contributed by atoms with Crippen LogP contribution < -0.4 is 10.1 Å². The normalized spacial score (nSPS) is 24.1. The molecular formula is C14H17FN2O2. The van der Waals surface area contributed by atoms with E-state index in [2.05, 4.69) is 5.32 Å². The Bertz CT molecular complexity index is 528. The molecule has 1 atom stereocenters. The number of carbonyl (C=O) groups excluding carboxylic acids is 1. The number of methoxy groups -OCH3 is 1. The Morgan fingerprint density at radius 2 is 2.26 bits per heavy atom. The summed E-state index contributed by atoms with van der Waals surface area (Å²) in [7, 11) is 1.44. The minimum absolute atomic E-state index is 0.135. The molecule has 2 aliphatic rings. The van der Waals surface area contributed by atoms with Crippen molar-refractivity contribution in [3.63, 3.8) is 0 Å². The SMILES string of the molecule is CCN1C(=O)C2(CC2)NC1c1ccc(OC)c(F)c1. The predicted molar refractivity (Wildman–Crippen MR) is 68.2 cm³/mol. The van der Waals surface area contributed by atoms with Gasteiger partial charge in [0.05, 0.1) is 7.11 Å². The van der Waals surface area contributed by atoms with Gasteiger partial charge in [0.25, 0.3) is 0 Å². The van der Waals surface area contributed by atoms with Crippen molar-refractivity contribution in [2.45, 2.75) is 31.5 Å². The largest absolute Gasteiger partial charge is 0.494 e. The maximum Gasteiger partial charge on any atom is 0.244 e. The first-order chi connectivity index (χ1) is 9.11. The van der Waals surface area contributed by atoms with Crippen LogP contribution in [0.1, 0.15) is 31.5 Å². The monoisotopic (exact) mass is 264 g/mol. The van der Waals surface area contributed by atoms with Crippen LogP contribution in [0.2, 0.25) is 0 Å². The minimum atomic E-state index is -0.401. The first-order valence-electron chi connectivity index (χ1n) is 6.53. The number of nitrogens with one attached hydrogen (secondary N) is 1. The van der Waals surface area contributed by atoms with E-state index in [0.29, 0.717) is 6.54 Å². The quantitative estimate of drug-likeness (QED) is 0.905. The number of hydrogen-bond acceptors (Lipinski definition) is 3. The maximum atomic E-state index is 13.8. The lowest BCUT2D eigenvalue weighted by Crippen LogP contribution is -2.32. The van der Waals surface area contributed by atoms with Crippen molar-refractivity contribution in [2.24, 2.45) is 0 Å². The maximum absolute atomic E-state index is 13.8. The smallest absolute Gasteiger partial charge is 0.244 e. The molecule has 0 aromatic heterocycles. The molecule has 1 amide bonds. The van der Waals surface area contributed by atoms with Gasteiger partial charge >= 0.3 is 0 Å². The summed E-state index contributed by atoms with van der Waals surface area (Å²) in [4.78, 5) is 14.0. The summed E-state index contributed by atoms with van der Waals surface area (Å²) in [6, 6.07) is 4.84. The number of hydrogen-bond donors (Lipinski definition) is 1. The molecule has 0 radical (unpaired) electrons. The molecule has 1 aromatic rings. The van der Waals surface area contributed by atoms with Gasteiger partial charge in [0.15, 0.2) is 11.6 Å². The molecule has 1 spiro atoms. The Balaban J connectivity index is 1.93. The number of ether oxygens (including phenoxy) is 1. The second-order valence-corrected chi connectivity index (χ2v) is 5.11. The summed E-state index contributed by atoms with van der Waals surface area (Å²) in [6.07, 6.45) is 1.51. The Morgan fingerprint density at radius 1 is 1.53 bits per heavy atom. The van der Waals surface area contributed by atoms with Gasteiger partial charge in [-0.2, -0.15) is 0 Å². The molecule has 2 fully saturated rings. The summed E-state index contributed by atoms with van der Waals surface area (Å²) in [6.45, 7) is 2.56. The molecule has 4 nitrogen and oxygen atoms in total. The summed E-state index contributed by atoms with van der Waals surface area (Å²) in [5.41, 5.74) is 0.383. The zero-order chi connectivity index (χ0) is 13.6. The standard InChI is InChI=1S/C14H17FN2O2/c1-3-17-12(16-14(6-7-14)13(17)18)9-4-5-11(19-2)10(15)8-9/h4-5,8,12,16H,3,6-7H2,1-2H3. The lowest BCUT2D eigenvalue weighted by atomic mass is 10.1. The molecule has 1 aliphatic carbocycles. The van der Waals surface area contributed by atoms with Crippen molar-refractivity contribution >= 4 is 5.91 Å².